The van der Waals surface area contributed by atoms with Crippen LogP contribution in [0.5, 0.6) is 17.4 Å². The first-order valence-electron chi connectivity index (χ1n) is 13.1. The van der Waals surface area contributed by atoms with E-state index in [9.17, 15) is 14.7 Å². The largest absolute Gasteiger partial charge is 0.490 e. The quantitative estimate of drug-likeness (QED) is 0.172. The third-order valence-electron chi connectivity index (χ3n) is 6.31. The average Bonchev–Trinajstić information content (AvgIpc) is 2.98. The second-order valence-corrected chi connectivity index (χ2v) is 9.33. The Balaban J connectivity index is 1.14. The van der Waals surface area contributed by atoms with Crippen LogP contribution in [-0.4, -0.2) is 28.6 Å². The highest BCUT2D eigenvalue weighted by Gasteiger charge is 2.12. The molecule has 0 atom stereocenters. The van der Waals surface area contributed by atoms with E-state index in [-0.39, 0.29) is 23.6 Å². The SMILES string of the molecule is O=C(Cc1ccc(Oc2ccc3cc(OC/C=C/Cc4ccccc4)ccc3c2)nc1)Nc1ccccc1C(=O)O. The van der Waals surface area contributed by atoms with Gasteiger partial charge in [-0.25, -0.2) is 9.78 Å². The molecular weight excluding hydrogens is 516 g/mol. The van der Waals surface area contributed by atoms with Crippen LogP contribution in [0.25, 0.3) is 10.8 Å². The summed E-state index contributed by atoms with van der Waals surface area (Å²) < 4.78 is 11.8. The van der Waals surface area contributed by atoms with Gasteiger partial charge in [0.05, 0.1) is 17.7 Å². The number of pyridine rings is 1. The summed E-state index contributed by atoms with van der Waals surface area (Å²) in [4.78, 5) is 28.1. The van der Waals surface area contributed by atoms with Gasteiger partial charge in [0, 0.05) is 12.3 Å². The van der Waals surface area contributed by atoms with Gasteiger partial charge in [0.25, 0.3) is 0 Å². The molecule has 2 N–H and O–H groups in total. The van der Waals surface area contributed by atoms with Crippen molar-refractivity contribution < 1.29 is 24.2 Å². The molecule has 41 heavy (non-hydrogen) atoms. The van der Waals surface area contributed by atoms with Gasteiger partial charge >= 0.3 is 5.97 Å². The monoisotopic (exact) mass is 544 g/mol. The van der Waals surface area contributed by atoms with Crippen LogP contribution in [0.1, 0.15) is 21.5 Å². The predicted molar refractivity (Wildman–Crippen MR) is 159 cm³/mol. The lowest BCUT2D eigenvalue weighted by Crippen LogP contribution is -2.16. The summed E-state index contributed by atoms with van der Waals surface area (Å²) >= 11 is 0. The molecule has 0 bridgehead atoms. The number of anilines is 1. The van der Waals surface area contributed by atoms with Crippen molar-refractivity contribution in [2.24, 2.45) is 0 Å². The topological polar surface area (TPSA) is 97.8 Å². The molecule has 5 aromatic rings. The number of carboxylic acids is 1. The number of aromatic nitrogens is 1. The number of benzene rings is 4. The number of nitrogens with zero attached hydrogens (tertiary/aromatic N) is 1. The van der Waals surface area contributed by atoms with Gasteiger partial charge < -0.3 is 19.9 Å². The number of carboxylic acid groups (broad SMARTS) is 1. The maximum absolute atomic E-state index is 12.4. The molecule has 4 aromatic carbocycles. The maximum Gasteiger partial charge on any atom is 0.337 e. The first-order chi connectivity index (χ1) is 20.0. The van der Waals surface area contributed by atoms with Gasteiger partial charge in [-0.2, -0.15) is 0 Å². The standard InChI is InChI=1S/C34H28N2O5/c37-32(36-31-12-5-4-11-30(31)34(38)39)20-25-13-18-33(35-23-25)41-29-17-15-26-21-28(16-14-27(26)22-29)40-19-7-6-10-24-8-2-1-3-9-24/h1-9,11-18,21-23H,10,19-20H2,(H,36,37)(H,38,39)/b7-6+. The average molecular weight is 545 g/mol. The van der Waals surface area contributed by atoms with E-state index < -0.39 is 5.97 Å². The third-order valence-corrected chi connectivity index (χ3v) is 6.31. The summed E-state index contributed by atoms with van der Waals surface area (Å²) in [6.45, 7) is 0.498. The molecule has 0 spiro atoms. The van der Waals surface area contributed by atoms with E-state index in [1.807, 2.05) is 60.7 Å². The Bertz CT molecular complexity index is 1680. The highest BCUT2D eigenvalue weighted by molar-refractivity contribution is 6.01. The van der Waals surface area contributed by atoms with Crippen molar-refractivity contribution in [2.45, 2.75) is 12.8 Å². The van der Waals surface area contributed by atoms with Crippen molar-refractivity contribution in [3.8, 4) is 17.4 Å². The molecule has 0 saturated carbocycles. The Hall–Kier alpha value is -5.43. The number of hydrogen-bond acceptors (Lipinski definition) is 5. The molecule has 0 fully saturated rings. The molecular formula is C34H28N2O5. The summed E-state index contributed by atoms with van der Waals surface area (Å²) in [6, 6.07) is 31.7. The zero-order valence-electron chi connectivity index (χ0n) is 22.2. The second kappa shape index (κ2) is 13.1. The van der Waals surface area contributed by atoms with Crippen LogP contribution in [0.2, 0.25) is 0 Å². The van der Waals surface area contributed by atoms with Crippen LogP contribution < -0.4 is 14.8 Å². The highest BCUT2D eigenvalue weighted by atomic mass is 16.5. The lowest BCUT2D eigenvalue weighted by Gasteiger charge is -2.09. The molecule has 0 unspecified atom stereocenters. The molecule has 0 radical (unpaired) electrons. The first kappa shape index (κ1) is 27.1. The number of rotatable bonds is 11. The van der Waals surface area contributed by atoms with E-state index in [1.165, 1.54) is 11.6 Å². The number of hydrogen-bond donors (Lipinski definition) is 2. The normalized spacial score (nSPS) is 10.9. The van der Waals surface area contributed by atoms with Gasteiger partial charge in [0.2, 0.25) is 11.8 Å². The molecule has 1 aromatic heterocycles. The van der Waals surface area contributed by atoms with Crippen LogP contribution in [0.3, 0.4) is 0 Å². The fraction of sp³-hybridized carbons (Fsp3) is 0.0882. The molecule has 7 nitrogen and oxygen atoms in total. The predicted octanol–water partition coefficient (Wildman–Crippen LogP) is 7.08. The van der Waals surface area contributed by atoms with Gasteiger partial charge in [-0.3, -0.25) is 4.79 Å². The molecule has 0 saturated heterocycles. The van der Waals surface area contributed by atoms with E-state index in [1.54, 1.807) is 36.5 Å². The molecule has 7 heteroatoms. The number of amides is 1. The summed E-state index contributed by atoms with van der Waals surface area (Å²) in [6.07, 6.45) is 6.62. The zero-order valence-corrected chi connectivity index (χ0v) is 22.2. The minimum Gasteiger partial charge on any atom is -0.490 e. The maximum atomic E-state index is 12.4. The molecule has 204 valence electrons. The number of para-hydroxylation sites is 1. The van der Waals surface area contributed by atoms with Crippen molar-refractivity contribution in [1.29, 1.82) is 0 Å². The van der Waals surface area contributed by atoms with Crippen LogP contribution in [0, 0.1) is 0 Å². The summed E-state index contributed by atoms with van der Waals surface area (Å²) in [7, 11) is 0. The minimum absolute atomic E-state index is 0.0357. The van der Waals surface area contributed by atoms with Crippen molar-refractivity contribution in [3.05, 3.63) is 138 Å². The van der Waals surface area contributed by atoms with Crippen molar-refractivity contribution in [1.82, 2.24) is 4.98 Å². The van der Waals surface area contributed by atoms with Crippen molar-refractivity contribution in [2.75, 3.05) is 11.9 Å². The number of carbonyl (C=O) groups excluding carboxylic acids is 1. The third kappa shape index (κ3) is 7.58. The second-order valence-electron chi connectivity index (χ2n) is 9.33. The van der Waals surface area contributed by atoms with E-state index in [0.29, 0.717) is 23.8 Å². The first-order valence-corrected chi connectivity index (χ1v) is 13.1. The summed E-state index contributed by atoms with van der Waals surface area (Å²) in [5, 5.41) is 14.0. The van der Waals surface area contributed by atoms with Crippen LogP contribution in [-0.2, 0) is 17.6 Å². The Morgan fingerprint density at radius 3 is 2.27 bits per heavy atom. The van der Waals surface area contributed by atoms with E-state index >= 15 is 0 Å². The number of ether oxygens (including phenoxy) is 2. The number of nitrogens with one attached hydrogen (secondary N) is 1. The number of carbonyl (C=O) groups is 2. The van der Waals surface area contributed by atoms with Gasteiger partial charge in [-0.05, 0) is 64.7 Å². The van der Waals surface area contributed by atoms with E-state index in [4.69, 9.17) is 9.47 Å². The molecule has 1 heterocycles. The number of allylic oxidation sites excluding steroid dienone is 1. The minimum atomic E-state index is -1.10. The highest BCUT2D eigenvalue weighted by Crippen LogP contribution is 2.27. The van der Waals surface area contributed by atoms with Crippen LogP contribution in [0.15, 0.2) is 121 Å². The molecule has 0 aliphatic rings. The van der Waals surface area contributed by atoms with Gasteiger partial charge in [0.15, 0.2) is 0 Å². The van der Waals surface area contributed by atoms with Crippen molar-refractivity contribution in [3.63, 3.8) is 0 Å². The molecule has 5 rings (SSSR count). The fourth-order valence-electron chi connectivity index (χ4n) is 4.26. The number of fused-ring (bicyclic) bond motifs is 1. The Labute approximate surface area is 237 Å². The Morgan fingerprint density at radius 2 is 1.51 bits per heavy atom. The van der Waals surface area contributed by atoms with Crippen LogP contribution >= 0.6 is 0 Å². The van der Waals surface area contributed by atoms with E-state index in [0.717, 1.165) is 22.9 Å². The lowest BCUT2D eigenvalue weighted by atomic mass is 10.1. The molecule has 1 amide bonds. The number of aromatic carboxylic acids is 1. The molecule has 0 aliphatic carbocycles. The van der Waals surface area contributed by atoms with E-state index in [2.05, 4.69) is 28.5 Å². The molecule has 0 aliphatic heterocycles. The zero-order chi connectivity index (χ0) is 28.4. The van der Waals surface area contributed by atoms with Gasteiger partial charge in [-0.1, -0.05) is 72.8 Å². The smallest absolute Gasteiger partial charge is 0.337 e. The lowest BCUT2D eigenvalue weighted by molar-refractivity contribution is -0.115. The Morgan fingerprint density at radius 1 is 0.780 bits per heavy atom. The fourth-order valence-corrected chi connectivity index (χ4v) is 4.26. The van der Waals surface area contributed by atoms with Gasteiger partial charge in [0.1, 0.15) is 18.1 Å². The van der Waals surface area contributed by atoms with Gasteiger partial charge in [-0.15, -0.1) is 0 Å². The Kier molecular flexibility index (Phi) is 8.66. The summed E-state index contributed by atoms with van der Waals surface area (Å²) in [5.41, 5.74) is 2.23. The van der Waals surface area contributed by atoms with Crippen molar-refractivity contribution >= 4 is 28.3 Å². The summed E-state index contributed by atoms with van der Waals surface area (Å²) in [5.74, 6) is 0.387. The van der Waals surface area contributed by atoms with Crippen LogP contribution in [0.4, 0.5) is 5.69 Å².